The van der Waals surface area contributed by atoms with Gasteiger partial charge in [0.1, 0.15) is 0 Å². The van der Waals surface area contributed by atoms with Crippen molar-refractivity contribution < 1.29 is 5.11 Å². The Morgan fingerprint density at radius 3 is 2.38 bits per heavy atom. The van der Waals surface area contributed by atoms with Gasteiger partial charge in [0.05, 0.1) is 29.1 Å². The summed E-state index contributed by atoms with van der Waals surface area (Å²) in [6, 6.07) is 16.7. The first kappa shape index (κ1) is 21.2. The molecule has 0 radical (unpaired) electrons. The van der Waals surface area contributed by atoms with E-state index in [0.29, 0.717) is 27.5 Å². The maximum absolute atomic E-state index is 9.65. The predicted octanol–water partition coefficient (Wildman–Crippen LogP) is 5.32. The van der Waals surface area contributed by atoms with E-state index < -0.39 is 0 Å². The molecule has 1 atom stereocenters. The number of aliphatic hydroxyl groups is 1. The molecule has 3 rings (SSSR count). The van der Waals surface area contributed by atoms with Crippen molar-refractivity contribution in [3.63, 3.8) is 0 Å². The van der Waals surface area contributed by atoms with Crippen molar-refractivity contribution in [2.24, 2.45) is 5.92 Å². The van der Waals surface area contributed by atoms with Crippen molar-refractivity contribution in [1.82, 2.24) is 9.97 Å². The highest BCUT2D eigenvalue weighted by atomic mass is 35.5. The minimum Gasteiger partial charge on any atom is -0.394 e. The molecule has 152 valence electrons. The Morgan fingerprint density at radius 2 is 1.72 bits per heavy atom. The molecular weight excluding hydrogens is 409 g/mol. The summed E-state index contributed by atoms with van der Waals surface area (Å²) in [6.45, 7) is 4.04. The minimum atomic E-state index is -0.160. The maximum Gasteiger partial charge on any atom is 0.225 e. The van der Waals surface area contributed by atoms with E-state index in [1.165, 1.54) is 0 Å². The van der Waals surface area contributed by atoms with Crippen molar-refractivity contribution >= 4 is 40.7 Å². The molecule has 0 bridgehead atoms. The molecule has 0 fully saturated rings. The molecule has 0 aliphatic rings. The molecule has 4 N–H and O–H groups in total. The molecular formula is C21H23Cl2N5O. The van der Waals surface area contributed by atoms with E-state index in [9.17, 15) is 5.11 Å². The number of aliphatic hydroxyl groups excluding tert-OH is 1. The second-order valence-electron chi connectivity index (χ2n) is 6.88. The topological polar surface area (TPSA) is 82.1 Å². The third-order valence-corrected chi connectivity index (χ3v) is 4.92. The Balaban J connectivity index is 1.89. The zero-order valence-corrected chi connectivity index (χ0v) is 17.7. The van der Waals surface area contributed by atoms with Crippen molar-refractivity contribution in [3.05, 3.63) is 64.6 Å². The summed E-state index contributed by atoms with van der Waals surface area (Å²) in [6.07, 6.45) is 0. The Bertz CT molecular complexity index is 953. The van der Waals surface area contributed by atoms with Gasteiger partial charge in [-0.25, -0.2) is 4.98 Å². The molecule has 3 aromatic rings. The van der Waals surface area contributed by atoms with Crippen LogP contribution in [0.1, 0.15) is 13.8 Å². The molecule has 0 spiro atoms. The van der Waals surface area contributed by atoms with E-state index in [-0.39, 0.29) is 18.6 Å². The number of rotatable bonds is 8. The molecule has 0 aliphatic carbocycles. The Kier molecular flexibility index (Phi) is 7.14. The average Bonchev–Trinajstić information content (AvgIpc) is 2.71. The normalized spacial score (nSPS) is 11.9. The zero-order chi connectivity index (χ0) is 20.8. The quantitative estimate of drug-likeness (QED) is 0.361. The maximum atomic E-state index is 9.65. The fraction of sp³-hybridized carbons (Fsp3) is 0.238. The van der Waals surface area contributed by atoms with E-state index in [1.54, 1.807) is 18.2 Å². The van der Waals surface area contributed by atoms with E-state index in [0.717, 1.165) is 11.3 Å². The lowest BCUT2D eigenvalue weighted by Crippen LogP contribution is -2.30. The highest BCUT2D eigenvalue weighted by Crippen LogP contribution is 2.26. The van der Waals surface area contributed by atoms with Crippen LogP contribution in [0.3, 0.4) is 0 Å². The molecule has 0 amide bonds. The van der Waals surface area contributed by atoms with Gasteiger partial charge in [-0.2, -0.15) is 4.98 Å². The lowest BCUT2D eigenvalue weighted by Gasteiger charge is -2.21. The van der Waals surface area contributed by atoms with E-state index in [2.05, 4.69) is 26.1 Å². The smallest absolute Gasteiger partial charge is 0.225 e. The fourth-order valence-electron chi connectivity index (χ4n) is 2.64. The number of nitrogens with one attached hydrogen (secondary N) is 3. The van der Waals surface area contributed by atoms with Crippen LogP contribution in [0, 0.1) is 5.92 Å². The predicted molar refractivity (Wildman–Crippen MR) is 121 cm³/mol. The summed E-state index contributed by atoms with van der Waals surface area (Å²) in [7, 11) is 0. The van der Waals surface area contributed by atoms with Gasteiger partial charge in [0.25, 0.3) is 0 Å². The molecule has 0 saturated heterocycles. The van der Waals surface area contributed by atoms with Gasteiger partial charge in [0.15, 0.2) is 5.82 Å². The van der Waals surface area contributed by atoms with Gasteiger partial charge in [-0.05, 0) is 24.1 Å². The number of hydrogen-bond acceptors (Lipinski definition) is 6. The fourth-order valence-corrected chi connectivity index (χ4v) is 3.10. The summed E-state index contributed by atoms with van der Waals surface area (Å²) in [5.74, 6) is 1.19. The molecule has 1 heterocycles. The summed E-state index contributed by atoms with van der Waals surface area (Å²) < 4.78 is 0. The number of benzene rings is 2. The van der Waals surface area contributed by atoms with Crippen molar-refractivity contribution in [3.8, 4) is 11.3 Å². The lowest BCUT2D eigenvalue weighted by atomic mass is 10.1. The van der Waals surface area contributed by atoms with Crippen LogP contribution in [0.15, 0.2) is 54.6 Å². The zero-order valence-electron chi connectivity index (χ0n) is 16.2. The first-order chi connectivity index (χ1) is 14.0. The SMILES string of the molecule is CC(C)[C@H](CO)Nc1nc(NNc2ccc(Cl)cc2Cl)cc(-c2ccccc2)n1. The molecule has 29 heavy (non-hydrogen) atoms. The third kappa shape index (κ3) is 5.73. The number of hydrazine groups is 1. The molecule has 0 unspecified atom stereocenters. The van der Waals surface area contributed by atoms with Crippen LogP contribution in [0.5, 0.6) is 0 Å². The number of anilines is 3. The first-order valence-electron chi connectivity index (χ1n) is 9.25. The van der Waals surface area contributed by atoms with Gasteiger partial charge in [-0.1, -0.05) is 67.4 Å². The average molecular weight is 432 g/mol. The Morgan fingerprint density at radius 1 is 0.966 bits per heavy atom. The van der Waals surface area contributed by atoms with Crippen LogP contribution < -0.4 is 16.2 Å². The highest BCUT2D eigenvalue weighted by molar-refractivity contribution is 6.36. The van der Waals surface area contributed by atoms with Crippen LogP contribution in [0.2, 0.25) is 10.0 Å². The summed E-state index contributed by atoms with van der Waals surface area (Å²) in [5.41, 5.74) is 8.47. The highest BCUT2D eigenvalue weighted by Gasteiger charge is 2.15. The van der Waals surface area contributed by atoms with Gasteiger partial charge in [-0.3, -0.25) is 10.9 Å². The largest absolute Gasteiger partial charge is 0.394 e. The van der Waals surface area contributed by atoms with E-state index in [1.807, 2.05) is 50.2 Å². The van der Waals surface area contributed by atoms with Crippen LogP contribution in [-0.4, -0.2) is 27.7 Å². The minimum absolute atomic E-state index is 0.0159. The van der Waals surface area contributed by atoms with Crippen LogP contribution in [-0.2, 0) is 0 Å². The first-order valence-corrected chi connectivity index (χ1v) is 10.0. The van der Waals surface area contributed by atoms with E-state index in [4.69, 9.17) is 23.2 Å². The summed E-state index contributed by atoms with van der Waals surface area (Å²) >= 11 is 12.2. The van der Waals surface area contributed by atoms with Gasteiger partial charge >= 0.3 is 0 Å². The molecule has 0 saturated carbocycles. The summed E-state index contributed by atoms with van der Waals surface area (Å²) in [4.78, 5) is 9.13. The van der Waals surface area contributed by atoms with Gasteiger partial charge in [0.2, 0.25) is 5.95 Å². The van der Waals surface area contributed by atoms with Crippen LogP contribution in [0.25, 0.3) is 11.3 Å². The van der Waals surface area contributed by atoms with Gasteiger partial charge < -0.3 is 10.4 Å². The molecule has 2 aromatic carbocycles. The Hall–Kier alpha value is -2.54. The third-order valence-electron chi connectivity index (χ3n) is 4.37. The number of hydrogen-bond donors (Lipinski definition) is 4. The molecule has 1 aromatic heterocycles. The number of aromatic nitrogens is 2. The second-order valence-corrected chi connectivity index (χ2v) is 7.72. The van der Waals surface area contributed by atoms with Gasteiger partial charge in [-0.15, -0.1) is 0 Å². The monoisotopic (exact) mass is 431 g/mol. The molecule has 0 aliphatic heterocycles. The van der Waals surface area contributed by atoms with Crippen molar-refractivity contribution in [2.45, 2.75) is 19.9 Å². The van der Waals surface area contributed by atoms with E-state index >= 15 is 0 Å². The number of halogens is 2. The Labute approximate surface area is 180 Å². The van der Waals surface area contributed by atoms with Crippen LogP contribution >= 0.6 is 23.2 Å². The van der Waals surface area contributed by atoms with Crippen molar-refractivity contribution in [1.29, 1.82) is 0 Å². The summed E-state index contributed by atoms with van der Waals surface area (Å²) in [5, 5.41) is 13.9. The van der Waals surface area contributed by atoms with Gasteiger partial charge in [0, 0.05) is 16.7 Å². The van der Waals surface area contributed by atoms with Crippen molar-refractivity contribution in [2.75, 3.05) is 22.8 Å². The second kappa shape index (κ2) is 9.78. The standard InChI is InChI=1S/C21H23Cl2N5O/c1-13(2)19(12-29)25-21-24-18(14-6-4-3-5-7-14)11-20(26-21)28-27-17-9-8-15(22)10-16(17)23/h3-11,13,19,27,29H,12H2,1-2H3,(H2,24,25,26,28)/t19-/m0/s1. The van der Waals surface area contributed by atoms with Crippen LogP contribution in [0.4, 0.5) is 17.5 Å². The number of nitrogens with zero attached hydrogens (tertiary/aromatic N) is 2. The molecule has 8 heteroatoms. The lowest BCUT2D eigenvalue weighted by molar-refractivity contribution is 0.248. The molecule has 6 nitrogen and oxygen atoms in total.